The van der Waals surface area contributed by atoms with Crippen LogP contribution >= 0.6 is 10.1 Å². The summed E-state index contributed by atoms with van der Waals surface area (Å²) in [6.07, 6.45) is 0. The molecule has 1 aliphatic rings. The van der Waals surface area contributed by atoms with Crippen molar-refractivity contribution in [3.63, 3.8) is 0 Å². The van der Waals surface area contributed by atoms with Gasteiger partial charge in [0.05, 0.1) is 0 Å². The van der Waals surface area contributed by atoms with Crippen LogP contribution in [0.4, 0.5) is 0 Å². The topological polar surface area (TPSA) is 12.0 Å². The van der Waals surface area contributed by atoms with Crippen molar-refractivity contribution < 1.29 is 0 Å². The molecule has 1 N–H and O–H groups in total. The Morgan fingerprint density at radius 3 is 2.54 bits per heavy atom. The molecule has 1 saturated heterocycles. The van der Waals surface area contributed by atoms with Gasteiger partial charge in [0.15, 0.2) is 0 Å². The van der Waals surface area contributed by atoms with Crippen molar-refractivity contribution in [2.75, 3.05) is 12.3 Å². The molecule has 1 heterocycles. The van der Waals surface area contributed by atoms with E-state index in [1.165, 1.54) is 17.9 Å². The summed E-state index contributed by atoms with van der Waals surface area (Å²) in [5.41, 5.74) is 1.36. The molecule has 0 saturated carbocycles. The average molecular weight is 254 g/mol. The van der Waals surface area contributed by atoms with E-state index in [4.69, 9.17) is 0 Å². The summed E-state index contributed by atoms with van der Waals surface area (Å²) in [5, 5.41) is 0. The van der Waals surface area contributed by atoms with Crippen molar-refractivity contribution in [2.24, 2.45) is 0 Å². The molecule has 0 bridgehead atoms. The Bertz CT molecular complexity index is 290. The van der Waals surface area contributed by atoms with Crippen LogP contribution in [-0.4, -0.2) is 24.6 Å². The molecule has 70 valence electrons. The zero-order valence-corrected chi connectivity index (χ0v) is 11.0. The van der Waals surface area contributed by atoms with Gasteiger partial charge in [0.1, 0.15) is 0 Å². The van der Waals surface area contributed by atoms with E-state index in [0.717, 1.165) is 0 Å². The minimum atomic E-state index is -1.83. The summed E-state index contributed by atoms with van der Waals surface area (Å²) < 4.78 is 5.30. The van der Waals surface area contributed by atoms with Crippen LogP contribution in [0.1, 0.15) is 5.56 Å². The van der Waals surface area contributed by atoms with Crippen LogP contribution in [0.15, 0.2) is 24.3 Å². The molecular weight excluding hydrogens is 239 g/mol. The predicted molar refractivity (Wildman–Crippen MR) is 62.9 cm³/mol. The maximum absolute atomic E-state index is 3.72. The van der Waals surface area contributed by atoms with Crippen LogP contribution in [-0.2, 0) is 0 Å². The molecule has 1 unspecified atom stereocenters. The Hall–Kier alpha value is 0.0729. The van der Waals surface area contributed by atoms with E-state index < -0.39 is 12.3 Å². The van der Waals surface area contributed by atoms with Gasteiger partial charge in [-0.2, -0.15) is 0 Å². The van der Waals surface area contributed by atoms with Crippen LogP contribution in [0.2, 0.25) is 5.76 Å². The first-order valence-electron chi connectivity index (χ1n) is 4.67. The molecule has 1 aromatic rings. The van der Waals surface area contributed by atoms with Crippen molar-refractivity contribution in [3.05, 3.63) is 29.8 Å². The van der Waals surface area contributed by atoms with Crippen LogP contribution < -0.4 is 8.67 Å². The first kappa shape index (κ1) is 9.62. The van der Waals surface area contributed by atoms with Crippen LogP contribution in [0, 0.1) is 6.92 Å². The number of rotatable bonds is 1. The Morgan fingerprint density at radius 1 is 1.31 bits per heavy atom. The summed E-state index contributed by atoms with van der Waals surface area (Å²) in [7, 11) is 2.18. The second-order valence-electron chi connectivity index (χ2n) is 3.67. The van der Waals surface area contributed by atoms with E-state index >= 15 is 0 Å². The number of hydrogen-bond donors (Lipinski definition) is 1. The molecule has 1 aromatic carbocycles. The predicted octanol–water partition coefficient (Wildman–Crippen LogP) is 1.61. The van der Waals surface area contributed by atoms with E-state index in [1.807, 2.05) is 0 Å². The van der Waals surface area contributed by atoms with Gasteiger partial charge in [0.25, 0.3) is 0 Å². The summed E-state index contributed by atoms with van der Waals surface area (Å²) in [6, 6.07) is 9.07. The van der Waals surface area contributed by atoms with Gasteiger partial charge in [-0.15, -0.1) is 0 Å². The summed E-state index contributed by atoms with van der Waals surface area (Å²) in [4.78, 5) is 0. The molecule has 13 heavy (non-hydrogen) atoms. The Labute approximate surface area is 85.9 Å². The molecule has 3 heteroatoms. The van der Waals surface area contributed by atoms with Crippen molar-refractivity contribution in [1.82, 2.24) is 4.27 Å². The molecule has 1 atom stereocenters. The molecule has 0 amide bonds. The van der Waals surface area contributed by atoms with Gasteiger partial charge < -0.3 is 0 Å². The summed E-state index contributed by atoms with van der Waals surface area (Å²) >= 11 is -1.83. The summed E-state index contributed by atoms with van der Waals surface area (Å²) in [6.45, 7) is 3.35. The van der Waals surface area contributed by atoms with Crippen molar-refractivity contribution in [1.29, 1.82) is 0 Å². The first-order chi connectivity index (χ1) is 6.21. The van der Waals surface area contributed by atoms with Gasteiger partial charge in [0.2, 0.25) is 0 Å². The normalized spacial score (nSPS) is 27.8. The zero-order chi connectivity index (χ0) is 9.31. The van der Waals surface area contributed by atoms with Gasteiger partial charge in [-0.05, 0) is 0 Å². The van der Waals surface area contributed by atoms with E-state index in [2.05, 4.69) is 51.3 Å². The van der Waals surface area contributed by atoms with Gasteiger partial charge >= 0.3 is 85.9 Å². The Kier molecular flexibility index (Phi) is 2.72. The number of hydrogen-bond acceptors (Lipinski definition) is 2. The van der Waals surface area contributed by atoms with E-state index in [0.29, 0.717) is 0 Å². The molecule has 0 radical (unpaired) electrons. The molecule has 0 spiro atoms. The van der Waals surface area contributed by atoms with E-state index in [9.17, 15) is 0 Å². The Balaban J connectivity index is 2.29. The standard InChI is InChI=1S/C10H15GeNS/c1-9-3-5-10(6-4-9)11(2)12-7-8-13-11/h3-6,12H,7-8H2,1-2H3. The minimum absolute atomic E-state index is 1.20. The fourth-order valence-corrected chi connectivity index (χ4v) is 12.4. The fraction of sp³-hybridized carbons (Fsp3) is 0.400. The summed E-state index contributed by atoms with van der Waals surface area (Å²) in [5.74, 6) is 3.74. The third-order valence-electron chi connectivity index (χ3n) is 2.56. The van der Waals surface area contributed by atoms with Crippen molar-refractivity contribution in [3.8, 4) is 0 Å². The molecule has 2 rings (SSSR count). The van der Waals surface area contributed by atoms with E-state index in [-0.39, 0.29) is 0 Å². The van der Waals surface area contributed by atoms with Crippen molar-refractivity contribution >= 4 is 26.8 Å². The third-order valence-corrected chi connectivity index (χ3v) is 15.4. The molecule has 1 aliphatic heterocycles. The molecule has 0 aromatic heterocycles. The monoisotopic (exact) mass is 255 g/mol. The number of aryl methyl sites for hydroxylation is 1. The van der Waals surface area contributed by atoms with Crippen LogP contribution in [0.25, 0.3) is 0 Å². The van der Waals surface area contributed by atoms with Gasteiger partial charge in [-0.3, -0.25) is 0 Å². The second kappa shape index (κ2) is 3.67. The quantitative estimate of drug-likeness (QED) is 0.764. The van der Waals surface area contributed by atoms with Gasteiger partial charge in [-0.25, -0.2) is 0 Å². The number of nitrogens with one attached hydrogen (secondary N) is 1. The maximum atomic E-state index is 3.72. The van der Waals surface area contributed by atoms with Gasteiger partial charge in [-0.1, -0.05) is 0 Å². The first-order valence-corrected chi connectivity index (χ1v) is 12.4. The zero-order valence-electron chi connectivity index (χ0n) is 8.13. The van der Waals surface area contributed by atoms with Crippen LogP contribution in [0.3, 0.4) is 0 Å². The molecule has 1 nitrogen and oxygen atoms in total. The molecular formula is C10H15GeNS. The fourth-order valence-electron chi connectivity index (χ4n) is 1.65. The SMILES string of the molecule is Cc1cc[c]([Ge]2([CH3])[NH]CC[S]2)cc1. The van der Waals surface area contributed by atoms with Gasteiger partial charge in [0, 0.05) is 0 Å². The Morgan fingerprint density at radius 2 is 2.00 bits per heavy atom. The third kappa shape index (κ3) is 1.95. The number of benzene rings is 1. The van der Waals surface area contributed by atoms with E-state index in [1.54, 1.807) is 4.40 Å². The average Bonchev–Trinajstić information content (AvgIpc) is 2.54. The van der Waals surface area contributed by atoms with Crippen LogP contribution in [0.5, 0.6) is 0 Å². The second-order valence-corrected chi connectivity index (χ2v) is 16.7. The molecule has 0 aliphatic carbocycles. The molecule has 1 fully saturated rings. The van der Waals surface area contributed by atoms with Crippen molar-refractivity contribution in [2.45, 2.75) is 12.7 Å².